The van der Waals surface area contributed by atoms with Crippen molar-refractivity contribution in [1.29, 1.82) is 0 Å². The monoisotopic (exact) mass is 297 g/mol. The second kappa shape index (κ2) is 5.94. The smallest absolute Gasteiger partial charge is 0.236 e. The zero-order valence-electron chi connectivity index (χ0n) is 10.9. The Balaban J connectivity index is 1.97. The average molecular weight is 298 g/mol. The van der Waals surface area contributed by atoms with E-state index in [1.165, 1.54) is 0 Å². The van der Waals surface area contributed by atoms with Gasteiger partial charge in [-0.3, -0.25) is 0 Å². The van der Waals surface area contributed by atoms with E-state index in [0.717, 1.165) is 11.3 Å². The van der Waals surface area contributed by atoms with Crippen molar-refractivity contribution in [3.63, 3.8) is 0 Å². The molecule has 0 aliphatic carbocycles. The highest BCUT2D eigenvalue weighted by molar-refractivity contribution is 7.98. The van der Waals surface area contributed by atoms with Gasteiger partial charge in [0.15, 0.2) is 0 Å². The number of benzene rings is 1. The molecular formula is C13H16ClN3OS. The van der Waals surface area contributed by atoms with E-state index in [-0.39, 0.29) is 5.54 Å². The SMILES string of the molecule is CC(C)(N)CSCc1nc(-c2ccc(Cl)cc2)no1. The van der Waals surface area contributed by atoms with Gasteiger partial charge >= 0.3 is 0 Å². The van der Waals surface area contributed by atoms with Crippen LogP contribution in [0.5, 0.6) is 0 Å². The molecule has 2 rings (SSSR count). The normalized spacial score (nSPS) is 11.8. The average Bonchev–Trinajstić information content (AvgIpc) is 2.77. The van der Waals surface area contributed by atoms with Gasteiger partial charge in [-0.2, -0.15) is 16.7 Å². The van der Waals surface area contributed by atoms with Gasteiger partial charge < -0.3 is 10.3 Å². The molecule has 0 fully saturated rings. The lowest BCUT2D eigenvalue weighted by molar-refractivity contribution is 0.391. The zero-order chi connectivity index (χ0) is 13.9. The van der Waals surface area contributed by atoms with Gasteiger partial charge in [-0.25, -0.2) is 0 Å². The number of nitrogens with zero attached hydrogens (tertiary/aromatic N) is 2. The molecule has 0 amide bonds. The van der Waals surface area contributed by atoms with Crippen molar-refractivity contribution >= 4 is 23.4 Å². The van der Waals surface area contributed by atoms with E-state index in [4.69, 9.17) is 21.9 Å². The van der Waals surface area contributed by atoms with Crippen LogP contribution in [-0.2, 0) is 5.75 Å². The minimum atomic E-state index is -0.191. The summed E-state index contributed by atoms with van der Waals surface area (Å²) in [6.45, 7) is 3.99. The fourth-order valence-corrected chi connectivity index (χ4v) is 2.48. The summed E-state index contributed by atoms with van der Waals surface area (Å²) in [7, 11) is 0. The van der Waals surface area contributed by atoms with Crippen molar-refractivity contribution in [3.05, 3.63) is 35.2 Å². The number of hydrogen-bond donors (Lipinski definition) is 1. The number of aromatic nitrogens is 2. The fourth-order valence-electron chi connectivity index (χ4n) is 1.43. The lowest BCUT2D eigenvalue weighted by Gasteiger charge is -2.16. The zero-order valence-corrected chi connectivity index (χ0v) is 12.5. The quantitative estimate of drug-likeness (QED) is 0.916. The molecule has 1 aromatic heterocycles. The van der Waals surface area contributed by atoms with E-state index in [0.29, 0.717) is 22.5 Å². The molecule has 2 N–H and O–H groups in total. The molecule has 0 saturated heterocycles. The Morgan fingerprint density at radius 3 is 2.63 bits per heavy atom. The summed E-state index contributed by atoms with van der Waals surface area (Å²) in [4.78, 5) is 4.35. The first-order valence-corrected chi connectivity index (χ1v) is 7.42. The predicted molar refractivity (Wildman–Crippen MR) is 79.2 cm³/mol. The Labute approximate surface area is 121 Å². The molecule has 2 aromatic rings. The Kier molecular flexibility index (Phi) is 4.50. The Morgan fingerprint density at radius 1 is 1.32 bits per heavy atom. The van der Waals surface area contributed by atoms with Gasteiger partial charge in [-0.15, -0.1) is 0 Å². The van der Waals surface area contributed by atoms with Crippen LogP contribution in [0.25, 0.3) is 11.4 Å². The van der Waals surface area contributed by atoms with Gasteiger partial charge in [0, 0.05) is 21.9 Å². The van der Waals surface area contributed by atoms with Crippen LogP contribution in [0.4, 0.5) is 0 Å². The van der Waals surface area contributed by atoms with Gasteiger partial charge in [0.1, 0.15) is 0 Å². The molecular weight excluding hydrogens is 282 g/mol. The maximum absolute atomic E-state index is 5.91. The molecule has 102 valence electrons. The standard InChI is InChI=1S/C13H16ClN3OS/c1-13(2,15)8-19-7-11-16-12(17-18-11)9-3-5-10(14)6-4-9/h3-6H,7-8,15H2,1-2H3. The van der Waals surface area contributed by atoms with E-state index >= 15 is 0 Å². The summed E-state index contributed by atoms with van der Waals surface area (Å²) in [5.74, 6) is 2.70. The van der Waals surface area contributed by atoms with E-state index in [1.54, 1.807) is 23.9 Å². The van der Waals surface area contributed by atoms with Crippen LogP contribution >= 0.6 is 23.4 Å². The summed E-state index contributed by atoms with van der Waals surface area (Å²) in [6, 6.07) is 7.34. The van der Waals surface area contributed by atoms with Crippen LogP contribution in [0.2, 0.25) is 5.02 Å². The van der Waals surface area contributed by atoms with E-state index in [9.17, 15) is 0 Å². The lowest BCUT2D eigenvalue weighted by atomic mass is 10.1. The molecule has 1 heterocycles. The van der Waals surface area contributed by atoms with E-state index < -0.39 is 0 Å². The van der Waals surface area contributed by atoms with Gasteiger partial charge in [-0.05, 0) is 38.1 Å². The first-order valence-electron chi connectivity index (χ1n) is 5.89. The van der Waals surface area contributed by atoms with E-state index in [2.05, 4.69) is 10.1 Å². The van der Waals surface area contributed by atoms with E-state index in [1.807, 2.05) is 26.0 Å². The molecule has 0 atom stereocenters. The first-order chi connectivity index (χ1) is 8.94. The van der Waals surface area contributed by atoms with Crippen molar-refractivity contribution in [2.45, 2.75) is 25.1 Å². The third-order valence-electron chi connectivity index (χ3n) is 2.27. The van der Waals surface area contributed by atoms with Crippen molar-refractivity contribution in [2.24, 2.45) is 5.73 Å². The van der Waals surface area contributed by atoms with Crippen LogP contribution in [0.3, 0.4) is 0 Å². The number of nitrogens with two attached hydrogens (primary N) is 1. The van der Waals surface area contributed by atoms with Crippen LogP contribution in [0.15, 0.2) is 28.8 Å². The highest BCUT2D eigenvalue weighted by Gasteiger charge is 2.13. The molecule has 19 heavy (non-hydrogen) atoms. The van der Waals surface area contributed by atoms with Gasteiger partial charge in [0.25, 0.3) is 0 Å². The Morgan fingerprint density at radius 2 is 2.00 bits per heavy atom. The van der Waals surface area contributed by atoms with Crippen molar-refractivity contribution < 1.29 is 4.52 Å². The highest BCUT2D eigenvalue weighted by atomic mass is 35.5. The second-order valence-electron chi connectivity index (χ2n) is 5.00. The highest BCUT2D eigenvalue weighted by Crippen LogP contribution is 2.21. The number of thioether (sulfide) groups is 1. The summed E-state index contributed by atoms with van der Waals surface area (Å²) >= 11 is 7.52. The van der Waals surface area contributed by atoms with Crippen molar-refractivity contribution in [3.8, 4) is 11.4 Å². The Hall–Kier alpha value is -1.04. The third kappa shape index (κ3) is 4.53. The van der Waals surface area contributed by atoms with Crippen LogP contribution in [0, 0.1) is 0 Å². The minimum absolute atomic E-state index is 0.191. The molecule has 4 nitrogen and oxygen atoms in total. The second-order valence-corrected chi connectivity index (χ2v) is 6.42. The summed E-state index contributed by atoms with van der Waals surface area (Å²) in [5, 5.41) is 4.65. The van der Waals surface area contributed by atoms with Crippen LogP contribution < -0.4 is 5.73 Å². The molecule has 0 spiro atoms. The lowest BCUT2D eigenvalue weighted by Crippen LogP contribution is -2.34. The fraction of sp³-hybridized carbons (Fsp3) is 0.385. The molecule has 0 aliphatic rings. The summed E-state index contributed by atoms with van der Waals surface area (Å²) in [5.41, 5.74) is 6.61. The molecule has 0 radical (unpaired) electrons. The third-order valence-corrected chi connectivity index (χ3v) is 3.92. The number of hydrogen-bond acceptors (Lipinski definition) is 5. The van der Waals surface area contributed by atoms with Crippen molar-refractivity contribution in [1.82, 2.24) is 10.1 Å². The number of rotatable bonds is 5. The Bertz CT molecular complexity index is 534. The maximum Gasteiger partial charge on any atom is 0.236 e. The predicted octanol–water partition coefficient (Wildman–Crippen LogP) is 3.36. The maximum atomic E-state index is 5.91. The molecule has 6 heteroatoms. The first kappa shape index (κ1) is 14.4. The number of halogens is 1. The van der Waals surface area contributed by atoms with Gasteiger partial charge in [0.05, 0.1) is 5.75 Å². The summed E-state index contributed by atoms with van der Waals surface area (Å²) in [6.07, 6.45) is 0. The van der Waals surface area contributed by atoms with Gasteiger partial charge in [0.2, 0.25) is 11.7 Å². The molecule has 1 aromatic carbocycles. The van der Waals surface area contributed by atoms with Crippen molar-refractivity contribution in [2.75, 3.05) is 5.75 Å². The molecule has 0 saturated carbocycles. The van der Waals surface area contributed by atoms with Gasteiger partial charge in [-0.1, -0.05) is 16.8 Å². The summed E-state index contributed by atoms with van der Waals surface area (Å²) < 4.78 is 5.21. The largest absolute Gasteiger partial charge is 0.338 e. The van der Waals surface area contributed by atoms with Crippen LogP contribution in [0.1, 0.15) is 19.7 Å². The molecule has 0 aliphatic heterocycles. The molecule has 0 unspecified atom stereocenters. The van der Waals surface area contributed by atoms with Crippen LogP contribution in [-0.4, -0.2) is 21.4 Å². The minimum Gasteiger partial charge on any atom is -0.338 e. The molecule has 0 bridgehead atoms. The topological polar surface area (TPSA) is 64.9 Å².